The standard InChI is InChI=1S/C13H20N4O2.ClH/c1-9(2)15-13(19)17-11-6-4-3-5-10(11)16-12(18)7-8-14;/h3-6,9H,7-8,14H2,1-2H3,(H,16,18)(H2,15,17,19);1H. The predicted molar refractivity (Wildman–Crippen MR) is 83.3 cm³/mol. The van der Waals surface area contributed by atoms with Crippen molar-refractivity contribution in [2.45, 2.75) is 26.3 Å². The number of halogens is 1. The van der Waals surface area contributed by atoms with Crippen molar-refractivity contribution in [3.63, 3.8) is 0 Å². The number of urea groups is 1. The van der Waals surface area contributed by atoms with E-state index in [9.17, 15) is 9.59 Å². The third-order valence-electron chi connectivity index (χ3n) is 2.24. The second kappa shape index (κ2) is 9.17. The second-order valence-electron chi connectivity index (χ2n) is 4.39. The summed E-state index contributed by atoms with van der Waals surface area (Å²) in [4.78, 5) is 23.1. The molecule has 6 nitrogen and oxygen atoms in total. The molecule has 1 aromatic rings. The van der Waals surface area contributed by atoms with Crippen LogP contribution in [0.5, 0.6) is 0 Å². The zero-order valence-electron chi connectivity index (χ0n) is 11.6. The van der Waals surface area contributed by atoms with Crippen molar-refractivity contribution >= 4 is 35.7 Å². The normalized spacial score (nSPS) is 9.60. The average molecular weight is 301 g/mol. The van der Waals surface area contributed by atoms with Gasteiger partial charge in [-0.1, -0.05) is 12.1 Å². The average Bonchev–Trinajstić information content (AvgIpc) is 2.30. The lowest BCUT2D eigenvalue weighted by molar-refractivity contribution is -0.116. The van der Waals surface area contributed by atoms with E-state index in [0.717, 1.165) is 0 Å². The monoisotopic (exact) mass is 300 g/mol. The van der Waals surface area contributed by atoms with Crippen molar-refractivity contribution in [1.29, 1.82) is 0 Å². The Labute approximate surface area is 124 Å². The van der Waals surface area contributed by atoms with Gasteiger partial charge in [0.15, 0.2) is 0 Å². The number of benzene rings is 1. The lowest BCUT2D eigenvalue weighted by atomic mass is 10.2. The van der Waals surface area contributed by atoms with Gasteiger partial charge >= 0.3 is 6.03 Å². The molecule has 0 unspecified atom stereocenters. The summed E-state index contributed by atoms with van der Waals surface area (Å²) in [6.45, 7) is 4.03. The molecule has 5 N–H and O–H groups in total. The molecule has 20 heavy (non-hydrogen) atoms. The van der Waals surface area contributed by atoms with Gasteiger partial charge in [-0.2, -0.15) is 0 Å². The van der Waals surface area contributed by atoms with Crippen LogP contribution in [0.15, 0.2) is 24.3 Å². The quantitative estimate of drug-likeness (QED) is 0.669. The zero-order valence-corrected chi connectivity index (χ0v) is 12.4. The topological polar surface area (TPSA) is 96.2 Å². The summed E-state index contributed by atoms with van der Waals surface area (Å²) in [6.07, 6.45) is 0.243. The molecule has 3 amide bonds. The molecular weight excluding hydrogens is 280 g/mol. The second-order valence-corrected chi connectivity index (χ2v) is 4.39. The van der Waals surface area contributed by atoms with Gasteiger partial charge in [0.05, 0.1) is 11.4 Å². The summed E-state index contributed by atoms with van der Waals surface area (Å²) in [6, 6.07) is 6.74. The molecule has 7 heteroatoms. The maximum atomic E-state index is 11.6. The molecule has 0 aliphatic carbocycles. The fourth-order valence-electron chi connectivity index (χ4n) is 1.47. The van der Waals surface area contributed by atoms with Crippen LogP contribution in [-0.4, -0.2) is 24.5 Å². The molecule has 0 aliphatic rings. The minimum atomic E-state index is -0.310. The van der Waals surface area contributed by atoms with Crippen molar-refractivity contribution < 1.29 is 9.59 Å². The molecule has 0 radical (unpaired) electrons. The maximum absolute atomic E-state index is 11.6. The van der Waals surface area contributed by atoms with Gasteiger partial charge in [0.2, 0.25) is 5.91 Å². The molecule has 0 atom stereocenters. The van der Waals surface area contributed by atoms with E-state index in [1.807, 2.05) is 13.8 Å². The summed E-state index contributed by atoms with van der Waals surface area (Å²) in [7, 11) is 0. The van der Waals surface area contributed by atoms with E-state index in [1.165, 1.54) is 0 Å². The van der Waals surface area contributed by atoms with Gasteiger partial charge < -0.3 is 21.7 Å². The lowest BCUT2D eigenvalue weighted by Crippen LogP contribution is -2.34. The lowest BCUT2D eigenvalue weighted by Gasteiger charge is -2.14. The molecule has 1 rings (SSSR count). The van der Waals surface area contributed by atoms with E-state index in [4.69, 9.17) is 5.73 Å². The van der Waals surface area contributed by atoms with Crippen LogP contribution < -0.4 is 21.7 Å². The Bertz CT molecular complexity index is 452. The molecule has 0 bridgehead atoms. The first-order chi connectivity index (χ1) is 9.02. The molecule has 0 saturated carbocycles. The minimum absolute atomic E-state index is 0. The third-order valence-corrected chi connectivity index (χ3v) is 2.24. The highest BCUT2D eigenvalue weighted by Crippen LogP contribution is 2.20. The van der Waals surface area contributed by atoms with Crippen molar-refractivity contribution in [2.24, 2.45) is 5.73 Å². The van der Waals surface area contributed by atoms with Crippen molar-refractivity contribution in [3.8, 4) is 0 Å². The number of anilines is 2. The summed E-state index contributed by atoms with van der Waals surface area (Å²) in [5.74, 6) is -0.180. The van der Waals surface area contributed by atoms with E-state index in [0.29, 0.717) is 11.4 Å². The molecule has 0 fully saturated rings. The number of hydrogen-bond donors (Lipinski definition) is 4. The van der Waals surface area contributed by atoms with E-state index >= 15 is 0 Å². The number of carbonyl (C=O) groups excluding carboxylic acids is 2. The molecule has 112 valence electrons. The Kier molecular flexibility index (Phi) is 8.35. The fraction of sp³-hybridized carbons (Fsp3) is 0.385. The molecular formula is C13H21ClN4O2. The first-order valence-electron chi connectivity index (χ1n) is 6.19. The minimum Gasteiger partial charge on any atom is -0.336 e. The van der Waals surface area contributed by atoms with Gasteiger partial charge in [-0.15, -0.1) is 12.4 Å². The Morgan fingerprint density at radius 3 is 2.20 bits per heavy atom. The highest BCUT2D eigenvalue weighted by molar-refractivity contribution is 5.99. The number of para-hydroxylation sites is 2. The summed E-state index contributed by atoms with van der Waals surface area (Å²) >= 11 is 0. The molecule has 0 saturated heterocycles. The van der Waals surface area contributed by atoms with Crippen LogP contribution in [0, 0.1) is 0 Å². The van der Waals surface area contributed by atoms with E-state index in [1.54, 1.807) is 24.3 Å². The first kappa shape index (κ1) is 18.2. The Hall–Kier alpha value is -1.79. The van der Waals surface area contributed by atoms with Gasteiger partial charge in [0.25, 0.3) is 0 Å². The highest BCUT2D eigenvalue weighted by atomic mass is 35.5. The van der Waals surface area contributed by atoms with Gasteiger partial charge in [0.1, 0.15) is 0 Å². The maximum Gasteiger partial charge on any atom is 0.319 e. The van der Waals surface area contributed by atoms with E-state index in [-0.39, 0.29) is 43.4 Å². The van der Waals surface area contributed by atoms with Crippen molar-refractivity contribution in [1.82, 2.24) is 5.32 Å². The highest BCUT2D eigenvalue weighted by Gasteiger charge is 2.09. The molecule has 0 aromatic heterocycles. The number of hydrogen-bond acceptors (Lipinski definition) is 3. The van der Waals surface area contributed by atoms with Crippen LogP contribution in [0.3, 0.4) is 0 Å². The van der Waals surface area contributed by atoms with Crippen LogP contribution in [-0.2, 0) is 4.79 Å². The molecule has 0 aliphatic heterocycles. The van der Waals surface area contributed by atoms with E-state index in [2.05, 4.69) is 16.0 Å². The van der Waals surface area contributed by atoms with Crippen LogP contribution >= 0.6 is 12.4 Å². The van der Waals surface area contributed by atoms with E-state index < -0.39 is 0 Å². The Morgan fingerprint density at radius 1 is 1.15 bits per heavy atom. The molecule has 0 heterocycles. The summed E-state index contributed by atoms with van der Waals surface area (Å²) < 4.78 is 0. The SMILES string of the molecule is CC(C)NC(=O)Nc1ccccc1NC(=O)CCN.Cl. The predicted octanol–water partition coefficient (Wildman–Crippen LogP) is 1.93. The third kappa shape index (κ3) is 6.40. The van der Waals surface area contributed by atoms with Gasteiger partial charge in [-0.3, -0.25) is 4.79 Å². The van der Waals surface area contributed by atoms with Gasteiger partial charge in [-0.05, 0) is 26.0 Å². The smallest absolute Gasteiger partial charge is 0.319 e. The summed E-state index contributed by atoms with van der Waals surface area (Å²) in [5, 5.41) is 8.12. The number of amides is 3. The molecule has 0 spiro atoms. The van der Waals surface area contributed by atoms with Gasteiger partial charge in [0, 0.05) is 19.0 Å². The van der Waals surface area contributed by atoms with Crippen LogP contribution in [0.4, 0.5) is 16.2 Å². The number of nitrogens with one attached hydrogen (secondary N) is 3. The molecule has 1 aromatic carbocycles. The largest absolute Gasteiger partial charge is 0.336 e. The van der Waals surface area contributed by atoms with Crippen LogP contribution in [0.2, 0.25) is 0 Å². The van der Waals surface area contributed by atoms with Crippen molar-refractivity contribution in [3.05, 3.63) is 24.3 Å². The van der Waals surface area contributed by atoms with Gasteiger partial charge in [-0.25, -0.2) is 4.79 Å². The Balaban J connectivity index is 0.00000361. The Morgan fingerprint density at radius 2 is 1.70 bits per heavy atom. The fourth-order valence-corrected chi connectivity index (χ4v) is 1.47. The van der Waals surface area contributed by atoms with Crippen LogP contribution in [0.25, 0.3) is 0 Å². The van der Waals surface area contributed by atoms with Crippen molar-refractivity contribution in [2.75, 3.05) is 17.2 Å². The summed E-state index contributed by atoms with van der Waals surface area (Å²) in [5.41, 5.74) is 6.42. The first-order valence-corrected chi connectivity index (χ1v) is 6.19. The number of nitrogens with two attached hydrogens (primary N) is 1. The number of rotatable bonds is 5. The zero-order chi connectivity index (χ0) is 14.3. The van der Waals surface area contributed by atoms with Crippen LogP contribution in [0.1, 0.15) is 20.3 Å². The number of carbonyl (C=O) groups is 2.